The lowest BCUT2D eigenvalue weighted by Crippen LogP contribution is -2.38. The highest BCUT2D eigenvalue weighted by atomic mass is 32.1. The molecule has 2 atom stereocenters. The van der Waals surface area contributed by atoms with Crippen molar-refractivity contribution in [3.8, 4) is 0 Å². The number of carbonyl (C=O) groups is 1. The summed E-state index contributed by atoms with van der Waals surface area (Å²) >= 11 is 1.39. The Morgan fingerprint density at radius 3 is 2.82 bits per heavy atom. The molecule has 1 fully saturated rings. The van der Waals surface area contributed by atoms with Gasteiger partial charge in [-0.25, -0.2) is 4.98 Å². The second-order valence-electron chi connectivity index (χ2n) is 7.84. The van der Waals surface area contributed by atoms with Crippen LogP contribution >= 0.6 is 11.3 Å². The van der Waals surface area contributed by atoms with Gasteiger partial charge in [0.25, 0.3) is 11.5 Å². The van der Waals surface area contributed by atoms with Gasteiger partial charge in [-0.15, -0.1) is 11.3 Å². The second-order valence-corrected chi connectivity index (χ2v) is 8.70. The molecule has 0 unspecified atom stereocenters. The highest BCUT2D eigenvalue weighted by Gasteiger charge is 2.22. The molecule has 4 rings (SSSR count). The number of carbonyl (C=O) groups excluding carboxylic acids is 1. The Balaban J connectivity index is 1.46. The number of anilines is 1. The molecule has 1 amide bonds. The number of para-hydroxylation sites is 1. The molecule has 0 aliphatic carbocycles. The highest BCUT2D eigenvalue weighted by molar-refractivity contribution is 7.14. The number of aromatic nitrogens is 2. The lowest BCUT2D eigenvalue weighted by atomic mass is 9.92. The van der Waals surface area contributed by atoms with Gasteiger partial charge in [-0.2, -0.15) is 0 Å². The van der Waals surface area contributed by atoms with Gasteiger partial charge in [-0.3, -0.25) is 19.8 Å². The SMILES string of the molecule is C[C@@H]1C[C@@H](C)CN(Cc2csc(NC(=O)c3cc4ccccc4[nH]c3=O)n2)C1. The number of hydrogen-bond acceptors (Lipinski definition) is 5. The van der Waals surface area contributed by atoms with E-state index in [0.29, 0.717) is 22.5 Å². The van der Waals surface area contributed by atoms with Crippen LogP contribution in [0.5, 0.6) is 0 Å². The first-order valence-electron chi connectivity index (χ1n) is 9.58. The van der Waals surface area contributed by atoms with E-state index in [1.54, 1.807) is 6.07 Å². The molecule has 28 heavy (non-hydrogen) atoms. The molecule has 6 nitrogen and oxygen atoms in total. The smallest absolute Gasteiger partial charge is 0.263 e. The molecule has 1 aromatic carbocycles. The number of H-pyrrole nitrogens is 1. The number of benzene rings is 1. The molecule has 0 radical (unpaired) electrons. The molecule has 0 spiro atoms. The lowest BCUT2D eigenvalue weighted by Gasteiger charge is -2.34. The Morgan fingerprint density at radius 1 is 1.29 bits per heavy atom. The molecular formula is C21H24N4O2S. The van der Waals surface area contributed by atoms with Crippen molar-refractivity contribution in [3.05, 3.63) is 57.3 Å². The van der Waals surface area contributed by atoms with Gasteiger partial charge in [0.05, 0.1) is 5.69 Å². The summed E-state index contributed by atoms with van der Waals surface area (Å²) in [7, 11) is 0. The van der Waals surface area contributed by atoms with Crippen LogP contribution in [0.25, 0.3) is 10.9 Å². The quantitative estimate of drug-likeness (QED) is 0.705. The van der Waals surface area contributed by atoms with Gasteiger partial charge in [0.15, 0.2) is 5.13 Å². The summed E-state index contributed by atoms with van der Waals surface area (Å²) in [6.45, 7) is 7.52. The number of likely N-dealkylation sites (tertiary alicyclic amines) is 1. The molecular weight excluding hydrogens is 372 g/mol. The van der Waals surface area contributed by atoms with Crippen molar-refractivity contribution in [3.63, 3.8) is 0 Å². The first kappa shape index (κ1) is 18.8. The van der Waals surface area contributed by atoms with Gasteiger partial charge in [0, 0.05) is 30.5 Å². The largest absolute Gasteiger partial charge is 0.321 e. The highest BCUT2D eigenvalue weighted by Crippen LogP contribution is 2.24. The molecule has 0 saturated carbocycles. The maximum Gasteiger partial charge on any atom is 0.263 e. The van der Waals surface area contributed by atoms with Gasteiger partial charge in [0.2, 0.25) is 0 Å². The fourth-order valence-corrected chi connectivity index (χ4v) is 4.76. The van der Waals surface area contributed by atoms with Gasteiger partial charge < -0.3 is 4.98 Å². The topological polar surface area (TPSA) is 78.1 Å². The number of nitrogens with zero attached hydrogens (tertiary/aromatic N) is 2. The first-order chi connectivity index (χ1) is 13.5. The maximum atomic E-state index is 12.6. The Morgan fingerprint density at radius 2 is 2.04 bits per heavy atom. The molecule has 2 N–H and O–H groups in total. The molecule has 0 bridgehead atoms. The van der Waals surface area contributed by atoms with E-state index >= 15 is 0 Å². The predicted molar refractivity (Wildman–Crippen MR) is 113 cm³/mol. The van der Waals surface area contributed by atoms with Crippen molar-refractivity contribution in [2.75, 3.05) is 18.4 Å². The van der Waals surface area contributed by atoms with Crippen molar-refractivity contribution in [1.82, 2.24) is 14.9 Å². The maximum absolute atomic E-state index is 12.6. The fraction of sp³-hybridized carbons (Fsp3) is 0.381. The van der Waals surface area contributed by atoms with E-state index < -0.39 is 11.5 Å². The van der Waals surface area contributed by atoms with E-state index in [2.05, 4.69) is 34.0 Å². The molecule has 1 saturated heterocycles. The van der Waals surface area contributed by atoms with Crippen LogP contribution < -0.4 is 10.9 Å². The van der Waals surface area contributed by atoms with Crippen molar-refractivity contribution in [1.29, 1.82) is 0 Å². The van der Waals surface area contributed by atoms with Crippen LogP contribution in [-0.2, 0) is 6.54 Å². The molecule has 7 heteroatoms. The van der Waals surface area contributed by atoms with E-state index in [-0.39, 0.29) is 5.56 Å². The van der Waals surface area contributed by atoms with Crippen LogP contribution in [0.3, 0.4) is 0 Å². The van der Waals surface area contributed by atoms with Crippen molar-refractivity contribution < 1.29 is 4.79 Å². The van der Waals surface area contributed by atoms with Gasteiger partial charge in [-0.1, -0.05) is 32.0 Å². The molecule has 1 aliphatic heterocycles. The number of piperidine rings is 1. The van der Waals surface area contributed by atoms with E-state index in [1.807, 2.05) is 29.6 Å². The average Bonchev–Trinajstić information content (AvgIpc) is 3.06. The third-order valence-electron chi connectivity index (χ3n) is 5.10. The first-order valence-corrected chi connectivity index (χ1v) is 10.5. The van der Waals surface area contributed by atoms with Gasteiger partial charge in [-0.05, 0) is 35.8 Å². The summed E-state index contributed by atoms with van der Waals surface area (Å²) in [5.74, 6) is 0.954. The number of thiazole rings is 1. The number of fused-ring (bicyclic) bond motifs is 1. The third-order valence-corrected chi connectivity index (χ3v) is 5.91. The fourth-order valence-electron chi connectivity index (χ4n) is 4.07. The number of amides is 1. The summed E-state index contributed by atoms with van der Waals surface area (Å²) in [6.07, 6.45) is 1.27. The summed E-state index contributed by atoms with van der Waals surface area (Å²) in [5.41, 5.74) is 1.36. The van der Waals surface area contributed by atoms with Crippen LogP contribution in [0.15, 0.2) is 40.5 Å². The summed E-state index contributed by atoms with van der Waals surface area (Å²) < 4.78 is 0. The molecule has 2 aromatic heterocycles. The zero-order valence-corrected chi connectivity index (χ0v) is 16.9. The third kappa shape index (κ3) is 4.15. The molecule has 3 aromatic rings. The van der Waals surface area contributed by atoms with E-state index in [9.17, 15) is 9.59 Å². The van der Waals surface area contributed by atoms with Crippen LogP contribution in [0, 0.1) is 11.8 Å². The molecule has 146 valence electrons. The average molecular weight is 397 g/mol. The standard InChI is InChI=1S/C21H24N4O2S/c1-13-7-14(2)10-25(9-13)11-16-12-28-21(22-16)24-20(27)17-8-15-5-3-4-6-18(15)23-19(17)26/h3-6,8,12-14H,7,9-11H2,1-2H3,(H,23,26)(H,22,24,27)/t13-,14-/m1/s1. The zero-order valence-electron chi connectivity index (χ0n) is 16.1. The van der Waals surface area contributed by atoms with E-state index in [1.165, 1.54) is 17.8 Å². The zero-order chi connectivity index (χ0) is 19.7. The molecule has 1 aliphatic rings. The van der Waals surface area contributed by atoms with Gasteiger partial charge >= 0.3 is 0 Å². The van der Waals surface area contributed by atoms with Crippen molar-refractivity contribution in [2.24, 2.45) is 11.8 Å². The Kier molecular flexibility index (Phi) is 5.28. The number of hydrogen-bond donors (Lipinski definition) is 2. The predicted octanol–water partition coefficient (Wildman–Crippen LogP) is 3.71. The molecule has 3 heterocycles. The van der Waals surface area contributed by atoms with Crippen molar-refractivity contribution >= 4 is 33.3 Å². The minimum atomic E-state index is -0.437. The van der Waals surface area contributed by atoms with E-state index in [0.717, 1.165) is 30.7 Å². The van der Waals surface area contributed by atoms with Gasteiger partial charge in [0.1, 0.15) is 5.56 Å². The summed E-state index contributed by atoms with van der Waals surface area (Å²) in [4.78, 5) is 34.6. The van der Waals surface area contributed by atoms with Crippen LogP contribution in [0.4, 0.5) is 5.13 Å². The summed E-state index contributed by atoms with van der Waals surface area (Å²) in [5, 5.41) is 6.08. The van der Waals surface area contributed by atoms with Crippen LogP contribution in [-0.4, -0.2) is 33.9 Å². The number of aromatic amines is 1. The monoisotopic (exact) mass is 396 g/mol. The number of pyridine rings is 1. The van der Waals surface area contributed by atoms with E-state index in [4.69, 9.17) is 0 Å². The minimum Gasteiger partial charge on any atom is -0.321 e. The summed E-state index contributed by atoms with van der Waals surface area (Å²) in [6, 6.07) is 9.02. The Hall–Kier alpha value is -2.51. The second kappa shape index (κ2) is 7.85. The lowest BCUT2D eigenvalue weighted by molar-refractivity contribution is 0.102. The number of nitrogens with one attached hydrogen (secondary N) is 2. The number of rotatable bonds is 4. The van der Waals surface area contributed by atoms with Crippen LogP contribution in [0.1, 0.15) is 36.3 Å². The van der Waals surface area contributed by atoms with Crippen LogP contribution in [0.2, 0.25) is 0 Å². The normalized spacial score (nSPS) is 20.4. The van der Waals surface area contributed by atoms with Crippen molar-refractivity contribution in [2.45, 2.75) is 26.8 Å². The Bertz CT molecular complexity index is 1050. The minimum absolute atomic E-state index is 0.0918. The Labute approximate surface area is 167 Å².